The molecule has 0 aliphatic heterocycles. The van der Waals surface area contributed by atoms with Crippen molar-refractivity contribution in [3.05, 3.63) is 71.3 Å². The maximum Gasteiger partial charge on any atom is 0.417 e. The van der Waals surface area contributed by atoms with Gasteiger partial charge in [-0.1, -0.05) is 48.0 Å². The number of allylic oxidation sites excluding steroid dienone is 1. The third-order valence-electron chi connectivity index (χ3n) is 3.53. The number of alkyl halides is 3. The highest BCUT2D eigenvalue weighted by Crippen LogP contribution is 2.33. The molecule has 1 amide bonds. The zero-order valence-corrected chi connectivity index (χ0v) is 14.7. The molecule has 3 nitrogen and oxygen atoms in total. The topological polar surface area (TPSA) is 29.5 Å². The van der Waals surface area contributed by atoms with Gasteiger partial charge in [0.05, 0.1) is 12.1 Å². The molecule has 26 heavy (non-hydrogen) atoms. The molecule has 0 aromatic heterocycles. The largest absolute Gasteiger partial charge is 0.492 e. The van der Waals surface area contributed by atoms with Gasteiger partial charge in [-0.2, -0.15) is 13.2 Å². The number of benzene rings is 2. The lowest BCUT2D eigenvalue weighted by molar-refractivity contribution is -0.125. The Kier molecular flexibility index (Phi) is 6.69. The highest BCUT2D eigenvalue weighted by molar-refractivity contribution is 6.30. The smallest absolute Gasteiger partial charge is 0.417 e. The first-order valence-corrected chi connectivity index (χ1v) is 8.13. The van der Waals surface area contributed by atoms with Gasteiger partial charge in [0.25, 0.3) is 0 Å². The summed E-state index contributed by atoms with van der Waals surface area (Å²) in [6, 6.07) is 13.9. The number of nitrogens with zero attached hydrogens (tertiary/aromatic N) is 1. The Morgan fingerprint density at radius 2 is 1.85 bits per heavy atom. The van der Waals surface area contributed by atoms with Crippen molar-refractivity contribution in [3.8, 4) is 5.75 Å². The average molecular weight is 384 g/mol. The van der Waals surface area contributed by atoms with E-state index in [4.69, 9.17) is 16.3 Å². The van der Waals surface area contributed by atoms with Gasteiger partial charge in [-0.25, -0.2) is 0 Å². The van der Waals surface area contributed by atoms with E-state index in [0.29, 0.717) is 16.8 Å². The van der Waals surface area contributed by atoms with Gasteiger partial charge in [-0.15, -0.1) is 0 Å². The second-order valence-corrected chi connectivity index (χ2v) is 5.92. The molecule has 0 spiro atoms. The molecule has 0 fully saturated rings. The lowest BCUT2D eigenvalue weighted by atomic mass is 10.0. The molecule has 7 heteroatoms. The van der Waals surface area contributed by atoms with Crippen LogP contribution in [0.1, 0.15) is 5.56 Å². The van der Waals surface area contributed by atoms with Gasteiger partial charge in [0, 0.05) is 18.1 Å². The Labute approximate surface area is 154 Å². The van der Waals surface area contributed by atoms with Crippen molar-refractivity contribution in [1.82, 2.24) is 4.90 Å². The van der Waals surface area contributed by atoms with E-state index in [1.165, 1.54) is 36.2 Å². The van der Waals surface area contributed by atoms with Gasteiger partial charge in [-0.3, -0.25) is 4.79 Å². The van der Waals surface area contributed by atoms with E-state index in [0.717, 1.165) is 0 Å². The number of amides is 1. The predicted octanol–water partition coefficient (Wildman–Crippen LogP) is 4.82. The lowest BCUT2D eigenvalue weighted by Crippen LogP contribution is -2.30. The predicted molar refractivity (Wildman–Crippen MR) is 95.1 cm³/mol. The number of hydrogen-bond donors (Lipinski definition) is 0. The third-order valence-corrected chi connectivity index (χ3v) is 3.76. The number of hydrogen-bond acceptors (Lipinski definition) is 2. The molecule has 0 heterocycles. The van der Waals surface area contributed by atoms with Crippen LogP contribution < -0.4 is 4.74 Å². The van der Waals surface area contributed by atoms with Crippen LogP contribution in [0.15, 0.2) is 60.7 Å². The van der Waals surface area contributed by atoms with E-state index in [1.807, 2.05) is 0 Å². The van der Waals surface area contributed by atoms with Gasteiger partial charge >= 0.3 is 6.18 Å². The fourth-order valence-electron chi connectivity index (χ4n) is 2.15. The van der Waals surface area contributed by atoms with Crippen LogP contribution in [-0.4, -0.2) is 37.2 Å². The average Bonchev–Trinajstić information content (AvgIpc) is 2.59. The molecule has 2 rings (SSSR count). The first kappa shape index (κ1) is 19.8. The SMILES string of the molecule is CN(CCOc1cccc(Cl)c1)C(=O)/C=C(/c1ccccc1)C(F)(F)F. The zero-order chi connectivity index (χ0) is 19.2. The molecule has 0 aliphatic carbocycles. The Balaban J connectivity index is 2.02. The van der Waals surface area contributed by atoms with Crippen LogP contribution in [0.2, 0.25) is 5.02 Å². The summed E-state index contributed by atoms with van der Waals surface area (Å²) < 4.78 is 45.2. The van der Waals surface area contributed by atoms with Gasteiger partial charge < -0.3 is 9.64 Å². The van der Waals surface area contributed by atoms with E-state index in [9.17, 15) is 18.0 Å². The summed E-state index contributed by atoms with van der Waals surface area (Å²) in [7, 11) is 1.42. The number of ether oxygens (including phenoxy) is 1. The molecule has 2 aromatic rings. The molecule has 0 saturated heterocycles. The Morgan fingerprint density at radius 1 is 1.15 bits per heavy atom. The first-order chi connectivity index (χ1) is 12.3. The summed E-state index contributed by atoms with van der Waals surface area (Å²) in [6.45, 7) is 0.255. The minimum atomic E-state index is -4.63. The van der Waals surface area contributed by atoms with Crippen LogP contribution >= 0.6 is 11.6 Å². The fourth-order valence-corrected chi connectivity index (χ4v) is 2.33. The highest BCUT2D eigenvalue weighted by atomic mass is 35.5. The molecule has 0 bridgehead atoms. The third kappa shape index (κ3) is 5.81. The van der Waals surface area contributed by atoms with E-state index >= 15 is 0 Å². The fraction of sp³-hybridized carbons (Fsp3) is 0.211. The zero-order valence-electron chi connectivity index (χ0n) is 14.0. The van der Waals surface area contributed by atoms with E-state index in [-0.39, 0.29) is 18.7 Å². The van der Waals surface area contributed by atoms with Crippen molar-refractivity contribution < 1.29 is 22.7 Å². The molecule has 138 valence electrons. The van der Waals surface area contributed by atoms with Gasteiger partial charge in [0.15, 0.2) is 0 Å². The summed E-state index contributed by atoms with van der Waals surface area (Å²) in [6.07, 6.45) is -4.02. The van der Waals surface area contributed by atoms with Crippen molar-refractivity contribution >= 4 is 23.1 Å². The molecule has 0 saturated carbocycles. The lowest BCUT2D eigenvalue weighted by Gasteiger charge is -2.18. The minimum absolute atomic E-state index is 0.0584. The summed E-state index contributed by atoms with van der Waals surface area (Å²) in [5, 5.41) is 0.507. The van der Waals surface area contributed by atoms with E-state index in [2.05, 4.69) is 0 Å². The molecule has 0 radical (unpaired) electrons. The van der Waals surface area contributed by atoms with Crippen LogP contribution in [-0.2, 0) is 4.79 Å². The normalized spacial score (nSPS) is 12.0. The summed E-state index contributed by atoms with van der Waals surface area (Å²) in [4.78, 5) is 13.3. The number of carbonyl (C=O) groups is 1. The first-order valence-electron chi connectivity index (χ1n) is 7.75. The number of carbonyl (C=O) groups excluding carboxylic acids is 1. The van der Waals surface area contributed by atoms with Crippen LogP contribution in [0.25, 0.3) is 5.57 Å². The minimum Gasteiger partial charge on any atom is -0.492 e. The second kappa shape index (κ2) is 8.76. The summed E-state index contributed by atoms with van der Waals surface area (Å²) >= 11 is 5.84. The maximum atomic E-state index is 13.3. The van der Waals surface area contributed by atoms with Gasteiger partial charge in [0.2, 0.25) is 5.91 Å². The quantitative estimate of drug-likeness (QED) is 0.669. The van der Waals surface area contributed by atoms with Crippen molar-refractivity contribution in [2.24, 2.45) is 0 Å². The van der Waals surface area contributed by atoms with Crippen LogP contribution in [0, 0.1) is 0 Å². The molecule has 0 atom stereocenters. The van der Waals surface area contributed by atoms with Gasteiger partial charge in [-0.05, 0) is 23.8 Å². The monoisotopic (exact) mass is 383 g/mol. The molecule has 2 aromatic carbocycles. The van der Waals surface area contributed by atoms with E-state index < -0.39 is 17.7 Å². The molecule has 0 unspecified atom stereocenters. The highest BCUT2D eigenvalue weighted by Gasteiger charge is 2.35. The Bertz CT molecular complexity index is 776. The van der Waals surface area contributed by atoms with E-state index in [1.54, 1.807) is 30.3 Å². The Hall–Kier alpha value is -2.47. The number of likely N-dealkylation sites (N-methyl/N-ethyl adjacent to an activating group) is 1. The Morgan fingerprint density at radius 3 is 2.46 bits per heavy atom. The molecule has 0 N–H and O–H groups in total. The number of halogens is 4. The number of rotatable bonds is 6. The second-order valence-electron chi connectivity index (χ2n) is 5.49. The summed E-state index contributed by atoms with van der Waals surface area (Å²) in [5.41, 5.74) is -1.04. The van der Waals surface area contributed by atoms with Crippen LogP contribution in [0.5, 0.6) is 5.75 Å². The standard InChI is InChI=1S/C19H17ClF3NO2/c1-24(10-11-26-16-9-5-8-15(20)12-16)18(25)13-17(19(21,22)23)14-6-3-2-4-7-14/h2-9,12-13H,10-11H2,1H3/b17-13-. The van der Waals surface area contributed by atoms with Crippen molar-refractivity contribution in [3.63, 3.8) is 0 Å². The van der Waals surface area contributed by atoms with Crippen LogP contribution in [0.4, 0.5) is 13.2 Å². The van der Waals surface area contributed by atoms with Gasteiger partial charge in [0.1, 0.15) is 12.4 Å². The summed E-state index contributed by atoms with van der Waals surface area (Å²) in [5.74, 6) is -0.231. The molecule has 0 aliphatic rings. The van der Waals surface area contributed by atoms with Crippen molar-refractivity contribution in [2.45, 2.75) is 6.18 Å². The van der Waals surface area contributed by atoms with Crippen molar-refractivity contribution in [1.29, 1.82) is 0 Å². The van der Waals surface area contributed by atoms with Crippen molar-refractivity contribution in [2.75, 3.05) is 20.2 Å². The van der Waals surface area contributed by atoms with Crippen LogP contribution in [0.3, 0.4) is 0 Å². The molecular weight excluding hydrogens is 367 g/mol. The maximum absolute atomic E-state index is 13.3. The molecular formula is C19H17ClF3NO2.